The molecular weight excluding hydrogens is 796 g/mol. The highest BCUT2D eigenvalue weighted by Gasteiger charge is 2.23. The normalized spacial score (nSPS) is 12.9. The molecule has 0 aliphatic rings. The third-order valence-corrected chi connectivity index (χ3v) is 11.5. The first-order valence-corrected chi connectivity index (χ1v) is 27.1. The number of phosphoric ester groups is 1. The maximum absolute atomic E-state index is 12.5. The number of unbranched alkanes of at least 4 members (excludes halogenated alkanes) is 27. The van der Waals surface area contributed by atoms with Crippen LogP contribution in [0.5, 0.6) is 0 Å². The molecule has 0 heterocycles. The van der Waals surface area contributed by atoms with Crippen LogP contribution in [0.15, 0.2) is 60.8 Å². The van der Waals surface area contributed by atoms with Crippen molar-refractivity contribution in [2.45, 2.75) is 251 Å². The predicted molar refractivity (Wildman–Crippen MR) is 262 cm³/mol. The van der Waals surface area contributed by atoms with Gasteiger partial charge in [0.1, 0.15) is 6.61 Å². The SMILES string of the molecule is CC/C=C\C/C=C\C/C=C\C/C=C\CCCCCCCCCCCCC(=O)OC(COC(=O)CCCCCCCCCCC/C=C\CCCCCCCCCC)COP(=O)(O)O. The van der Waals surface area contributed by atoms with E-state index in [4.69, 9.17) is 19.3 Å². The van der Waals surface area contributed by atoms with Crippen LogP contribution < -0.4 is 0 Å². The summed E-state index contributed by atoms with van der Waals surface area (Å²) in [5, 5.41) is 0. The van der Waals surface area contributed by atoms with Crippen molar-refractivity contribution in [3.63, 3.8) is 0 Å². The average Bonchev–Trinajstić information content (AvgIpc) is 3.25. The summed E-state index contributed by atoms with van der Waals surface area (Å²) in [7, 11) is -4.76. The van der Waals surface area contributed by atoms with E-state index in [2.05, 4.69) is 79.1 Å². The molecule has 0 saturated carbocycles. The van der Waals surface area contributed by atoms with E-state index >= 15 is 0 Å². The molecule has 9 heteroatoms. The third kappa shape index (κ3) is 50.4. The lowest BCUT2D eigenvalue weighted by atomic mass is 10.0. The molecule has 2 N–H and O–H groups in total. The van der Waals surface area contributed by atoms with Crippen LogP contribution in [0.4, 0.5) is 0 Å². The van der Waals surface area contributed by atoms with Gasteiger partial charge in [-0.2, -0.15) is 0 Å². The van der Waals surface area contributed by atoms with Gasteiger partial charge in [-0.15, -0.1) is 0 Å². The second-order valence-electron chi connectivity index (χ2n) is 17.1. The molecule has 0 saturated heterocycles. The van der Waals surface area contributed by atoms with E-state index in [1.165, 1.54) is 141 Å². The number of allylic oxidation sites excluding steroid dienone is 10. The summed E-state index contributed by atoms with van der Waals surface area (Å²) in [6.45, 7) is 3.60. The summed E-state index contributed by atoms with van der Waals surface area (Å²) in [4.78, 5) is 43.1. The Kier molecular flexibility index (Phi) is 46.5. The second-order valence-corrected chi connectivity index (χ2v) is 18.4. The minimum atomic E-state index is -4.76. The molecule has 1 unspecified atom stereocenters. The van der Waals surface area contributed by atoms with Crippen LogP contribution in [0.2, 0.25) is 0 Å². The van der Waals surface area contributed by atoms with Gasteiger partial charge in [-0.25, -0.2) is 4.57 Å². The molecule has 0 aromatic rings. The van der Waals surface area contributed by atoms with Crippen LogP contribution >= 0.6 is 7.82 Å². The van der Waals surface area contributed by atoms with Crippen molar-refractivity contribution in [3.8, 4) is 0 Å². The van der Waals surface area contributed by atoms with Gasteiger partial charge in [0.2, 0.25) is 0 Å². The molecule has 0 aromatic heterocycles. The lowest BCUT2D eigenvalue weighted by Crippen LogP contribution is -2.29. The van der Waals surface area contributed by atoms with Crippen LogP contribution in [-0.4, -0.2) is 41.0 Å². The molecule has 62 heavy (non-hydrogen) atoms. The Bertz CT molecular complexity index is 1190. The van der Waals surface area contributed by atoms with Gasteiger partial charge in [0.25, 0.3) is 0 Å². The first-order valence-electron chi connectivity index (χ1n) is 25.6. The first kappa shape index (κ1) is 59.8. The van der Waals surface area contributed by atoms with Crippen molar-refractivity contribution in [2.75, 3.05) is 13.2 Å². The van der Waals surface area contributed by atoms with Gasteiger partial charge in [0.05, 0.1) is 6.61 Å². The van der Waals surface area contributed by atoms with Crippen molar-refractivity contribution < 1.29 is 37.9 Å². The van der Waals surface area contributed by atoms with E-state index in [-0.39, 0.29) is 19.4 Å². The number of carbonyl (C=O) groups excluding carboxylic acids is 2. The Hall–Kier alpha value is -2.25. The predicted octanol–water partition coefficient (Wildman–Crippen LogP) is 16.4. The van der Waals surface area contributed by atoms with Gasteiger partial charge in [-0.1, -0.05) is 216 Å². The molecule has 0 aliphatic heterocycles. The summed E-state index contributed by atoms with van der Waals surface area (Å²) in [5.74, 6) is -0.886. The maximum atomic E-state index is 12.5. The molecule has 0 spiro atoms. The first-order chi connectivity index (χ1) is 30.3. The van der Waals surface area contributed by atoms with Crippen molar-refractivity contribution in [3.05, 3.63) is 60.8 Å². The summed E-state index contributed by atoms with van der Waals surface area (Å²) in [6, 6.07) is 0. The maximum Gasteiger partial charge on any atom is 0.469 e. The molecule has 0 fully saturated rings. The third-order valence-electron chi connectivity index (χ3n) is 11.0. The standard InChI is InChI=1S/C53H95O8P/c1-3-5-7-9-11-13-15-17-19-21-23-25-26-28-30-32-34-36-38-40-42-44-46-48-53(55)61-51(50-60-62(56,57)58)49-59-52(54)47-45-43-41-39-37-35-33-31-29-27-24-22-20-18-16-14-12-10-8-6-4-2/h5,7,11,13,17,19,22-25,51H,3-4,6,8-10,12,14-16,18,20-21,26-50H2,1-2H3,(H2,56,57,58)/b7-5-,13-11-,19-17-,24-22-,25-23-. The summed E-state index contributed by atoms with van der Waals surface area (Å²) < 4.78 is 26.5. The van der Waals surface area contributed by atoms with Gasteiger partial charge in [0, 0.05) is 12.8 Å². The fraction of sp³-hybridized carbons (Fsp3) is 0.774. The molecule has 1 atom stereocenters. The summed E-state index contributed by atoms with van der Waals surface area (Å²) >= 11 is 0. The molecule has 0 aliphatic carbocycles. The van der Waals surface area contributed by atoms with Crippen LogP contribution in [0.3, 0.4) is 0 Å². The Morgan fingerprint density at radius 3 is 1.18 bits per heavy atom. The van der Waals surface area contributed by atoms with Gasteiger partial charge in [0.15, 0.2) is 6.10 Å². The molecule has 0 radical (unpaired) electrons. The number of carbonyl (C=O) groups is 2. The zero-order valence-electron chi connectivity index (χ0n) is 40.0. The van der Waals surface area contributed by atoms with Crippen molar-refractivity contribution >= 4 is 19.8 Å². The Morgan fingerprint density at radius 1 is 0.435 bits per heavy atom. The lowest BCUT2D eigenvalue weighted by Gasteiger charge is -2.18. The van der Waals surface area contributed by atoms with Crippen molar-refractivity contribution in [1.82, 2.24) is 0 Å². The number of phosphoric acid groups is 1. The lowest BCUT2D eigenvalue weighted by molar-refractivity contribution is -0.161. The van der Waals surface area contributed by atoms with Crippen LogP contribution in [0, 0.1) is 0 Å². The molecule has 0 rings (SSSR count). The largest absolute Gasteiger partial charge is 0.469 e. The Balaban J connectivity index is 3.83. The number of esters is 2. The highest BCUT2D eigenvalue weighted by molar-refractivity contribution is 7.46. The van der Waals surface area contributed by atoms with E-state index in [9.17, 15) is 14.2 Å². The Morgan fingerprint density at radius 2 is 0.774 bits per heavy atom. The van der Waals surface area contributed by atoms with E-state index in [1.54, 1.807) is 0 Å². The van der Waals surface area contributed by atoms with Crippen LogP contribution in [-0.2, 0) is 28.2 Å². The molecule has 0 aromatic carbocycles. The van der Waals surface area contributed by atoms with Crippen molar-refractivity contribution in [2.24, 2.45) is 0 Å². The molecule has 0 bridgehead atoms. The number of hydrogen-bond acceptors (Lipinski definition) is 6. The van der Waals surface area contributed by atoms with Gasteiger partial charge in [-0.05, 0) is 77.0 Å². The average molecular weight is 891 g/mol. The quantitative estimate of drug-likeness (QED) is 0.0268. The summed E-state index contributed by atoms with van der Waals surface area (Å²) in [6.07, 6.45) is 62.4. The topological polar surface area (TPSA) is 119 Å². The number of hydrogen-bond donors (Lipinski definition) is 2. The monoisotopic (exact) mass is 891 g/mol. The zero-order chi connectivity index (χ0) is 45.3. The highest BCUT2D eigenvalue weighted by Crippen LogP contribution is 2.36. The number of ether oxygens (including phenoxy) is 2. The van der Waals surface area contributed by atoms with Crippen molar-refractivity contribution in [1.29, 1.82) is 0 Å². The molecule has 8 nitrogen and oxygen atoms in total. The summed E-state index contributed by atoms with van der Waals surface area (Å²) in [5.41, 5.74) is 0. The van der Waals surface area contributed by atoms with Gasteiger partial charge < -0.3 is 19.3 Å². The number of rotatable bonds is 47. The van der Waals surface area contributed by atoms with E-state index in [0.717, 1.165) is 70.6 Å². The smallest absolute Gasteiger partial charge is 0.462 e. The molecular formula is C53H95O8P. The van der Waals surface area contributed by atoms with Gasteiger partial charge in [-0.3, -0.25) is 14.1 Å². The fourth-order valence-corrected chi connectivity index (χ4v) is 7.60. The second kappa shape index (κ2) is 48.2. The minimum Gasteiger partial charge on any atom is -0.462 e. The molecule has 360 valence electrons. The van der Waals surface area contributed by atoms with E-state index < -0.39 is 32.5 Å². The Labute approximate surface area is 381 Å². The van der Waals surface area contributed by atoms with Gasteiger partial charge >= 0.3 is 19.8 Å². The van der Waals surface area contributed by atoms with Crippen LogP contribution in [0.1, 0.15) is 245 Å². The van der Waals surface area contributed by atoms with Crippen LogP contribution in [0.25, 0.3) is 0 Å². The van der Waals surface area contributed by atoms with E-state index in [1.807, 2.05) is 0 Å². The molecule has 0 amide bonds. The fourth-order valence-electron chi connectivity index (χ4n) is 7.24. The highest BCUT2D eigenvalue weighted by atomic mass is 31.2. The zero-order valence-corrected chi connectivity index (χ0v) is 40.9. The van der Waals surface area contributed by atoms with E-state index in [0.29, 0.717) is 6.42 Å². The minimum absolute atomic E-state index is 0.205.